The van der Waals surface area contributed by atoms with E-state index < -0.39 is 0 Å². The lowest BCUT2D eigenvalue weighted by Gasteiger charge is -2.35. The first-order chi connectivity index (χ1) is 13.9. The molecule has 0 spiro atoms. The van der Waals surface area contributed by atoms with Crippen LogP contribution in [0.3, 0.4) is 0 Å². The van der Waals surface area contributed by atoms with Crippen molar-refractivity contribution in [2.45, 2.75) is 33.4 Å². The van der Waals surface area contributed by atoms with Crippen LogP contribution in [0.1, 0.15) is 41.9 Å². The van der Waals surface area contributed by atoms with E-state index in [1.165, 1.54) is 23.1 Å². The Hall–Kier alpha value is -2.60. The molecule has 6 heteroatoms. The molecule has 0 bridgehead atoms. The molecular formula is C23H31N3O3. The van der Waals surface area contributed by atoms with Gasteiger partial charge in [-0.2, -0.15) is 0 Å². The van der Waals surface area contributed by atoms with E-state index in [0.717, 1.165) is 25.2 Å². The van der Waals surface area contributed by atoms with Crippen molar-refractivity contribution in [2.75, 3.05) is 26.7 Å². The highest BCUT2D eigenvalue weighted by Gasteiger charge is 2.22. The molecule has 3 rings (SSSR count). The van der Waals surface area contributed by atoms with Crippen LogP contribution >= 0.6 is 0 Å². The SMILES string of the molecule is C[C@@H]1C[C@H](C)CN(Cc2ccccc2CNC(=O)CN(C)C(=O)c2ccco2)C1. The van der Waals surface area contributed by atoms with Crippen LogP contribution in [0.15, 0.2) is 47.1 Å². The molecule has 29 heavy (non-hydrogen) atoms. The van der Waals surface area contributed by atoms with E-state index >= 15 is 0 Å². The van der Waals surface area contributed by atoms with Crippen LogP contribution in [0, 0.1) is 11.8 Å². The van der Waals surface area contributed by atoms with Crippen LogP contribution in [-0.4, -0.2) is 48.3 Å². The van der Waals surface area contributed by atoms with Gasteiger partial charge in [0.15, 0.2) is 5.76 Å². The van der Waals surface area contributed by atoms with E-state index in [2.05, 4.69) is 36.2 Å². The number of furan rings is 1. The van der Waals surface area contributed by atoms with Crippen LogP contribution in [0.5, 0.6) is 0 Å². The first kappa shape index (κ1) is 21.1. The van der Waals surface area contributed by atoms with Crippen molar-refractivity contribution in [3.8, 4) is 0 Å². The fourth-order valence-corrected chi connectivity index (χ4v) is 4.17. The van der Waals surface area contributed by atoms with Gasteiger partial charge in [-0.05, 0) is 41.5 Å². The minimum absolute atomic E-state index is 0.0111. The Morgan fingerprint density at radius 1 is 1.10 bits per heavy atom. The summed E-state index contributed by atoms with van der Waals surface area (Å²) in [5.41, 5.74) is 2.36. The van der Waals surface area contributed by atoms with Gasteiger partial charge >= 0.3 is 0 Å². The molecule has 1 fully saturated rings. The lowest BCUT2D eigenvalue weighted by atomic mass is 9.91. The maximum absolute atomic E-state index is 12.3. The van der Waals surface area contributed by atoms with Crippen molar-refractivity contribution in [1.29, 1.82) is 0 Å². The lowest BCUT2D eigenvalue weighted by Crippen LogP contribution is -2.39. The highest BCUT2D eigenvalue weighted by molar-refractivity contribution is 5.94. The fraction of sp³-hybridized carbons (Fsp3) is 0.478. The van der Waals surface area contributed by atoms with Gasteiger partial charge in [0.1, 0.15) is 0 Å². The average Bonchev–Trinajstić information content (AvgIpc) is 3.20. The third-order valence-electron chi connectivity index (χ3n) is 5.39. The molecule has 2 atom stereocenters. The minimum Gasteiger partial charge on any atom is -0.459 e. The molecule has 0 unspecified atom stereocenters. The van der Waals surface area contributed by atoms with Crippen molar-refractivity contribution < 1.29 is 14.0 Å². The summed E-state index contributed by atoms with van der Waals surface area (Å²) in [6, 6.07) is 11.5. The molecule has 6 nitrogen and oxygen atoms in total. The zero-order valence-electron chi connectivity index (χ0n) is 17.6. The number of piperidine rings is 1. The Balaban J connectivity index is 1.54. The van der Waals surface area contributed by atoms with E-state index in [4.69, 9.17) is 4.42 Å². The van der Waals surface area contributed by atoms with Crippen LogP contribution in [0.25, 0.3) is 0 Å². The van der Waals surface area contributed by atoms with Crippen LogP contribution in [-0.2, 0) is 17.9 Å². The first-order valence-electron chi connectivity index (χ1n) is 10.3. The Morgan fingerprint density at radius 2 is 1.79 bits per heavy atom. The summed E-state index contributed by atoms with van der Waals surface area (Å²) in [6.45, 7) is 8.21. The number of likely N-dealkylation sites (tertiary alicyclic amines) is 1. The number of benzene rings is 1. The number of hydrogen-bond donors (Lipinski definition) is 1. The lowest BCUT2D eigenvalue weighted by molar-refractivity contribution is -0.121. The van der Waals surface area contributed by atoms with Crippen LogP contribution in [0.2, 0.25) is 0 Å². The van der Waals surface area contributed by atoms with Gasteiger partial charge in [0.2, 0.25) is 5.91 Å². The van der Waals surface area contributed by atoms with E-state index in [0.29, 0.717) is 18.4 Å². The average molecular weight is 398 g/mol. The summed E-state index contributed by atoms with van der Waals surface area (Å²) in [6.07, 6.45) is 2.74. The van der Waals surface area contributed by atoms with Gasteiger partial charge in [-0.25, -0.2) is 0 Å². The first-order valence-corrected chi connectivity index (χ1v) is 10.3. The molecule has 0 radical (unpaired) electrons. The number of rotatable bonds is 7. The summed E-state index contributed by atoms with van der Waals surface area (Å²) in [5, 5.41) is 2.94. The summed E-state index contributed by atoms with van der Waals surface area (Å²) in [7, 11) is 1.59. The Labute approximate surface area is 172 Å². The number of likely N-dealkylation sites (N-methyl/N-ethyl adjacent to an activating group) is 1. The van der Waals surface area contributed by atoms with Gasteiger partial charge in [0.05, 0.1) is 12.8 Å². The monoisotopic (exact) mass is 397 g/mol. The molecule has 1 aromatic carbocycles. The molecule has 1 N–H and O–H groups in total. The molecule has 2 aromatic rings. The van der Waals surface area contributed by atoms with Gasteiger partial charge in [0.25, 0.3) is 5.91 Å². The number of nitrogens with one attached hydrogen (secondary N) is 1. The third kappa shape index (κ3) is 5.94. The van der Waals surface area contributed by atoms with Gasteiger partial charge in [-0.1, -0.05) is 38.1 Å². The second-order valence-electron chi connectivity index (χ2n) is 8.32. The highest BCUT2D eigenvalue weighted by Crippen LogP contribution is 2.23. The quantitative estimate of drug-likeness (QED) is 0.779. The van der Waals surface area contributed by atoms with Crippen molar-refractivity contribution in [3.05, 3.63) is 59.5 Å². The second-order valence-corrected chi connectivity index (χ2v) is 8.32. The molecule has 156 valence electrons. The second kappa shape index (κ2) is 9.74. The van der Waals surface area contributed by atoms with E-state index in [1.807, 2.05) is 12.1 Å². The number of hydrogen-bond acceptors (Lipinski definition) is 4. The van der Waals surface area contributed by atoms with Gasteiger partial charge in [-0.3, -0.25) is 14.5 Å². The summed E-state index contributed by atoms with van der Waals surface area (Å²) in [5.74, 6) is 1.16. The predicted octanol–water partition coefficient (Wildman–Crippen LogP) is 3.15. The highest BCUT2D eigenvalue weighted by atomic mass is 16.3. The van der Waals surface area contributed by atoms with Crippen molar-refractivity contribution in [2.24, 2.45) is 11.8 Å². The molecule has 2 heterocycles. The molecule has 0 saturated carbocycles. The molecule has 0 aliphatic carbocycles. The maximum atomic E-state index is 12.3. The van der Waals surface area contributed by atoms with E-state index in [1.54, 1.807) is 19.2 Å². The van der Waals surface area contributed by atoms with Gasteiger partial charge in [-0.15, -0.1) is 0 Å². The van der Waals surface area contributed by atoms with Gasteiger partial charge < -0.3 is 14.6 Å². The zero-order valence-corrected chi connectivity index (χ0v) is 17.6. The molecule has 1 aliphatic rings. The molecular weight excluding hydrogens is 366 g/mol. The van der Waals surface area contributed by atoms with Crippen LogP contribution < -0.4 is 5.32 Å². The summed E-state index contributed by atoms with van der Waals surface area (Å²) >= 11 is 0. The molecule has 2 amide bonds. The minimum atomic E-state index is -0.307. The van der Waals surface area contributed by atoms with E-state index in [9.17, 15) is 9.59 Å². The van der Waals surface area contributed by atoms with Crippen molar-refractivity contribution in [1.82, 2.24) is 15.1 Å². The number of carbonyl (C=O) groups is 2. The number of carbonyl (C=O) groups excluding carboxylic acids is 2. The smallest absolute Gasteiger partial charge is 0.289 e. The topological polar surface area (TPSA) is 65.8 Å². The normalized spacial score (nSPS) is 19.7. The molecule has 1 aromatic heterocycles. The van der Waals surface area contributed by atoms with Crippen LogP contribution in [0.4, 0.5) is 0 Å². The van der Waals surface area contributed by atoms with Gasteiger partial charge in [0, 0.05) is 33.2 Å². The fourth-order valence-electron chi connectivity index (χ4n) is 4.17. The predicted molar refractivity (Wildman–Crippen MR) is 112 cm³/mol. The Bertz CT molecular complexity index is 809. The molecule has 1 saturated heterocycles. The number of nitrogens with zero attached hydrogens (tertiary/aromatic N) is 2. The van der Waals surface area contributed by atoms with Crippen molar-refractivity contribution in [3.63, 3.8) is 0 Å². The standard InChI is InChI=1S/C23H31N3O3/c1-17-11-18(2)14-26(13-17)15-20-8-5-4-7-19(20)12-24-22(27)16-25(3)23(28)21-9-6-10-29-21/h4-10,17-18H,11-16H2,1-3H3,(H,24,27)/t17-,18+. The number of amides is 2. The largest absolute Gasteiger partial charge is 0.459 e. The van der Waals surface area contributed by atoms with E-state index in [-0.39, 0.29) is 24.1 Å². The Kier molecular flexibility index (Phi) is 7.09. The Morgan fingerprint density at radius 3 is 2.45 bits per heavy atom. The zero-order chi connectivity index (χ0) is 20.8. The van der Waals surface area contributed by atoms with Crippen molar-refractivity contribution >= 4 is 11.8 Å². The molecule has 1 aliphatic heterocycles. The summed E-state index contributed by atoms with van der Waals surface area (Å²) in [4.78, 5) is 28.4. The third-order valence-corrected chi connectivity index (χ3v) is 5.39. The maximum Gasteiger partial charge on any atom is 0.289 e. The summed E-state index contributed by atoms with van der Waals surface area (Å²) < 4.78 is 5.10.